The zero-order chi connectivity index (χ0) is 22.8. The zero-order valence-electron chi connectivity index (χ0n) is 18.5. The van der Waals surface area contributed by atoms with E-state index in [0.717, 1.165) is 37.1 Å². The number of aromatic nitrogens is 2. The fourth-order valence-corrected chi connectivity index (χ4v) is 5.51. The maximum Gasteiger partial charge on any atom is 0.352 e. The van der Waals surface area contributed by atoms with Crippen LogP contribution in [0.25, 0.3) is 11.1 Å². The van der Waals surface area contributed by atoms with Crippen LogP contribution in [0.1, 0.15) is 35.7 Å². The molecular formula is C24H28F2N4OS. The van der Waals surface area contributed by atoms with E-state index < -0.39 is 17.9 Å². The van der Waals surface area contributed by atoms with Crippen molar-refractivity contribution in [3.63, 3.8) is 0 Å². The largest absolute Gasteiger partial charge is 0.588 e. The van der Waals surface area contributed by atoms with Gasteiger partial charge in [-0.3, -0.25) is 4.68 Å². The van der Waals surface area contributed by atoms with Gasteiger partial charge < -0.3 is 9.87 Å². The average molecular weight is 459 g/mol. The molecule has 1 aliphatic rings. The van der Waals surface area contributed by atoms with Gasteiger partial charge in [-0.05, 0) is 86.7 Å². The first-order valence-corrected chi connectivity index (χ1v) is 11.9. The molecule has 1 fully saturated rings. The monoisotopic (exact) mass is 458 g/mol. The quantitative estimate of drug-likeness (QED) is 0.421. The maximum absolute atomic E-state index is 13.9. The number of aryl methyl sites for hydroxylation is 2. The van der Waals surface area contributed by atoms with Gasteiger partial charge in [0, 0.05) is 7.05 Å². The molecule has 0 radical (unpaired) electrons. The Morgan fingerprint density at radius 3 is 2.38 bits per heavy atom. The molecule has 1 aliphatic heterocycles. The van der Waals surface area contributed by atoms with Gasteiger partial charge in [0.15, 0.2) is 4.90 Å². The van der Waals surface area contributed by atoms with Crippen molar-refractivity contribution in [1.29, 1.82) is 0 Å². The number of halogens is 2. The first-order chi connectivity index (χ1) is 15.4. The van der Waals surface area contributed by atoms with Crippen LogP contribution >= 0.6 is 0 Å². The summed E-state index contributed by atoms with van der Waals surface area (Å²) < 4.78 is 43.2. The van der Waals surface area contributed by atoms with Gasteiger partial charge in [0.2, 0.25) is 0 Å². The Morgan fingerprint density at radius 1 is 1.09 bits per heavy atom. The van der Waals surface area contributed by atoms with Crippen molar-refractivity contribution in [3.05, 3.63) is 65.5 Å². The molecule has 8 heteroatoms. The number of benzene rings is 2. The van der Waals surface area contributed by atoms with E-state index in [-0.39, 0.29) is 5.69 Å². The van der Waals surface area contributed by atoms with Crippen LogP contribution < -0.4 is 9.62 Å². The third kappa shape index (κ3) is 4.53. The zero-order valence-corrected chi connectivity index (χ0v) is 19.3. The molecule has 0 bridgehead atoms. The molecule has 0 aliphatic carbocycles. The van der Waals surface area contributed by atoms with E-state index in [1.54, 1.807) is 33.0 Å². The van der Waals surface area contributed by atoms with Crippen molar-refractivity contribution in [1.82, 2.24) is 15.1 Å². The molecule has 1 atom stereocenters. The van der Waals surface area contributed by atoms with Crippen molar-refractivity contribution in [3.8, 4) is 11.1 Å². The summed E-state index contributed by atoms with van der Waals surface area (Å²) in [5.41, 5.74) is 4.54. The SMILES string of the molecule is Cc1nn(C)c(C)c1N(C(F)F)[S+]([O-])c1ccc(-c2cccc(C3CCNCC3)c2)cc1. The Kier molecular flexibility index (Phi) is 6.83. The summed E-state index contributed by atoms with van der Waals surface area (Å²) >= 11 is -2.06. The van der Waals surface area contributed by atoms with Crippen LogP contribution in [-0.4, -0.2) is 34.0 Å². The van der Waals surface area contributed by atoms with Gasteiger partial charge in [-0.25, -0.2) is 0 Å². The summed E-state index contributed by atoms with van der Waals surface area (Å²) in [6.45, 7) is 2.49. The van der Waals surface area contributed by atoms with E-state index >= 15 is 0 Å². The fraction of sp³-hybridized carbons (Fsp3) is 0.375. The predicted molar refractivity (Wildman–Crippen MR) is 124 cm³/mol. The third-order valence-corrected chi connectivity index (χ3v) is 7.51. The number of alkyl halides is 2. The summed E-state index contributed by atoms with van der Waals surface area (Å²) in [7, 11) is 1.69. The number of rotatable bonds is 6. The van der Waals surface area contributed by atoms with Crippen molar-refractivity contribution in [2.24, 2.45) is 7.05 Å². The Bertz CT molecular complexity index is 1060. The third-order valence-electron chi connectivity index (χ3n) is 6.13. The summed E-state index contributed by atoms with van der Waals surface area (Å²) in [6.07, 6.45) is 2.25. The molecule has 3 aromatic rings. The second-order valence-electron chi connectivity index (χ2n) is 8.17. The van der Waals surface area contributed by atoms with Gasteiger partial charge in [-0.1, -0.05) is 24.3 Å². The van der Waals surface area contributed by atoms with Gasteiger partial charge in [-0.15, -0.1) is 4.31 Å². The van der Waals surface area contributed by atoms with Gasteiger partial charge in [0.1, 0.15) is 17.0 Å². The molecule has 32 heavy (non-hydrogen) atoms. The maximum atomic E-state index is 13.9. The van der Waals surface area contributed by atoms with Gasteiger partial charge in [-0.2, -0.15) is 13.9 Å². The predicted octanol–water partition coefficient (Wildman–Crippen LogP) is 4.92. The highest BCUT2D eigenvalue weighted by Gasteiger charge is 2.35. The molecule has 1 saturated heterocycles. The van der Waals surface area contributed by atoms with E-state index in [4.69, 9.17) is 0 Å². The summed E-state index contributed by atoms with van der Waals surface area (Å²) in [4.78, 5) is 0.325. The first kappa shape index (κ1) is 22.8. The smallest absolute Gasteiger partial charge is 0.352 e. The summed E-state index contributed by atoms with van der Waals surface area (Å²) in [6, 6.07) is 15.5. The first-order valence-electron chi connectivity index (χ1n) is 10.8. The molecule has 1 unspecified atom stereocenters. The number of nitrogens with one attached hydrogen (secondary N) is 1. The minimum atomic E-state index is -2.92. The molecule has 1 N–H and O–H groups in total. The van der Waals surface area contributed by atoms with Crippen LogP contribution in [0.3, 0.4) is 0 Å². The van der Waals surface area contributed by atoms with Crippen LogP contribution in [0.2, 0.25) is 0 Å². The molecule has 5 nitrogen and oxygen atoms in total. The molecule has 0 spiro atoms. The average Bonchev–Trinajstić information content (AvgIpc) is 3.06. The highest BCUT2D eigenvalue weighted by atomic mass is 32.2. The van der Waals surface area contributed by atoms with Crippen molar-refractivity contribution < 1.29 is 13.3 Å². The molecule has 0 saturated carbocycles. The van der Waals surface area contributed by atoms with Crippen molar-refractivity contribution in [2.45, 2.75) is 44.1 Å². The standard InChI is InChI=1S/C24H28F2N4OS/c1-16-23(17(2)29(3)28-16)30(24(25)26)32(31)22-9-7-18(8-10-22)20-5-4-6-21(15-20)19-11-13-27-14-12-19/h4-10,15,19,24,27H,11-14H2,1-3H3. The van der Waals surface area contributed by atoms with Gasteiger partial charge in [0.25, 0.3) is 0 Å². The molecule has 1 aromatic heterocycles. The number of piperidine rings is 1. The Labute approximate surface area is 190 Å². The number of hydrogen-bond acceptors (Lipinski definition) is 4. The highest BCUT2D eigenvalue weighted by molar-refractivity contribution is 7.92. The highest BCUT2D eigenvalue weighted by Crippen LogP contribution is 2.34. The minimum absolute atomic E-state index is 0.208. The lowest BCUT2D eigenvalue weighted by molar-refractivity contribution is 0.161. The fourth-order valence-electron chi connectivity index (χ4n) is 4.34. The molecule has 0 amide bonds. The Balaban J connectivity index is 1.59. The van der Waals surface area contributed by atoms with Crippen LogP contribution in [0.15, 0.2) is 53.4 Å². The molecule has 2 heterocycles. The second-order valence-corrected chi connectivity index (χ2v) is 9.53. The second kappa shape index (κ2) is 9.60. The van der Waals surface area contributed by atoms with E-state index in [0.29, 0.717) is 26.5 Å². The van der Waals surface area contributed by atoms with Crippen LogP contribution in [0.5, 0.6) is 0 Å². The topological polar surface area (TPSA) is 56.2 Å². The Hall–Kier alpha value is -2.42. The van der Waals surface area contributed by atoms with E-state index in [1.165, 1.54) is 10.2 Å². The summed E-state index contributed by atoms with van der Waals surface area (Å²) in [5.74, 6) is 0.550. The lowest BCUT2D eigenvalue weighted by Crippen LogP contribution is -2.36. The molecule has 2 aromatic carbocycles. The van der Waals surface area contributed by atoms with E-state index in [1.807, 2.05) is 18.2 Å². The molecule has 170 valence electrons. The summed E-state index contributed by atoms with van der Waals surface area (Å²) in [5, 5.41) is 7.59. The van der Waals surface area contributed by atoms with E-state index in [9.17, 15) is 13.3 Å². The molecule has 4 rings (SSSR count). The van der Waals surface area contributed by atoms with Gasteiger partial charge in [0.05, 0.1) is 11.4 Å². The number of nitrogens with zero attached hydrogens (tertiary/aromatic N) is 3. The van der Waals surface area contributed by atoms with Crippen LogP contribution in [0.4, 0.5) is 14.5 Å². The molecular weight excluding hydrogens is 430 g/mol. The van der Waals surface area contributed by atoms with Crippen LogP contribution in [-0.2, 0) is 18.4 Å². The Morgan fingerprint density at radius 2 is 1.78 bits per heavy atom. The van der Waals surface area contributed by atoms with E-state index in [2.05, 4.69) is 28.6 Å². The number of anilines is 1. The van der Waals surface area contributed by atoms with Crippen LogP contribution in [0, 0.1) is 13.8 Å². The lowest BCUT2D eigenvalue weighted by atomic mass is 9.88. The van der Waals surface area contributed by atoms with Crippen molar-refractivity contribution >= 4 is 17.0 Å². The minimum Gasteiger partial charge on any atom is -0.588 e. The van der Waals surface area contributed by atoms with Gasteiger partial charge >= 0.3 is 6.55 Å². The van der Waals surface area contributed by atoms with Crippen molar-refractivity contribution in [2.75, 3.05) is 17.4 Å². The lowest BCUT2D eigenvalue weighted by Gasteiger charge is -2.25. The normalized spacial score (nSPS) is 15.8. The number of hydrogen-bond donors (Lipinski definition) is 1.